The zero-order chi connectivity index (χ0) is 30.0. The Morgan fingerprint density at radius 1 is 1.05 bits per heavy atom. The molecule has 2 amide bonds. The lowest BCUT2D eigenvalue weighted by atomic mass is 9.75. The summed E-state index contributed by atoms with van der Waals surface area (Å²) in [6.07, 6.45) is -4.70. The van der Waals surface area contributed by atoms with Crippen LogP contribution < -0.4 is 10.2 Å². The van der Waals surface area contributed by atoms with Crippen LogP contribution in [0.3, 0.4) is 0 Å². The van der Waals surface area contributed by atoms with Gasteiger partial charge in [0, 0.05) is 17.3 Å². The number of allylic oxidation sites excluding steroid dienone is 2. The number of ether oxygens (including phenoxy) is 1. The van der Waals surface area contributed by atoms with E-state index in [1.807, 2.05) is 12.1 Å². The number of alkyl halides is 3. The first-order valence-electron chi connectivity index (χ1n) is 12.2. The number of benzene rings is 2. The van der Waals surface area contributed by atoms with Crippen LogP contribution >= 0.6 is 0 Å². The number of rotatable bonds is 5. The van der Waals surface area contributed by atoms with E-state index in [0.29, 0.717) is 11.1 Å². The highest BCUT2D eigenvalue weighted by atomic mass is 19.4. The number of anilines is 1. The zero-order valence-corrected chi connectivity index (χ0v) is 22.5. The van der Waals surface area contributed by atoms with E-state index >= 15 is 0 Å². The number of amides is 2. The van der Waals surface area contributed by atoms with Crippen molar-refractivity contribution >= 4 is 23.5 Å². The van der Waals surface area contributed by atoms with Crippen LogP contribution in [0.25, 0.3) is 0 Å². The predicted octanol–water partition coefficient (Wildman–Crippen LogP) is 4.97. The fourth-order valence-electron chi connectivity index (χ4n) is 4.39. The molecule has 1 aliphatic rings. The van der Waals surface area contributed by atoms with Gasteiger partial charge in [-0.3, -0.25) is 14.5 Å². The number of nitriles is 2. The Kier molecular flexibility index (Phi) is 8.39. The minimum atomic E-state index is -4.70. The molecular weight excluding hydrogens is 525 g/mol. The van der Waals surface area contributed by atoms with Gasteiger partial charge >= 0.3 is 12.1 Å². The second kappa shape index (κ2) is 11.2. The normalized spacial score (nSPS) is 18.4. The van der Waals surface area contributed by atoms with E-state index in [-0.39, 0.29) is 17.0 Å². The van der Waals surface area contributed by atoms with Gasteiger partial charge in [-0.25, -0.2) is 4.79 Å². The lowest BCUT2D eigenvalue weighted by Crippen LogP contribution is -2.53. The summed E-state index contributed by atoms with van der Waals surface area (Å²) in [4.78, 5) is 41.0. The van der Waals surface area contributed by atoms with Crippen LogP contribution in [0.15, 0.2) is 59.8 Å². The summed E-state index contributed by atoms with van der Waals surface area (Å²) in [5.74, 6) is -5.35. The van der Waals surface area contributed by atoms with Crippen LogP contribution in [-0.4, -0.2) is 29.4 Å². The summed E-state index contributed by atoms with van der Waals surface area (Å²) in [6, 6.07) is 12.7. The van der Waals surface area contributed by atoms with E-state index in [0.717, 1.165) is 23.1 Å². The number of hydrogen-bond acceptors (Lipinski definition) is 6. The summed E-state index contributed by atoms with van der Waals surface area (Å²) >= 11 is 0. The molecule has 40 heavy (non-hydrogen) atoms. The van der Waals surface area contributed by atoms with Crippen LogP contribution in [0.1, 0.15) is 57.2 Å². The van der Waals surface area contributed by atoms with E-state index < -0.39 is 53.0 Å². The minimum Gasteiger partial charge on any atom is -0.458 e. The van der Waals surface area contributed by atoms with Gasteiger partial charge in [0.2, 0.25) is 11.8 Å². The maximum Gasteiger partial charge on any atom is 0.416 e. The number of esters is 1. The average Bonchev–Trinajstić information content (AvgIpc) is 2.87. The van der Waals surface area contributed by atoms with Crippen molar-refractivity contribution < 1.29 is 32.3 Å². The largest absolute Gasteiger partial charge is 0.458 e. The van der Waals surface area contributed by atoms with Gasteiger partial charge in [0.1, 0.15) is 17.6 Å². The zero-order valence-electron chi connectivity index (χ0n) is 22.5. The second-order valence-corrected chi connectivity index (χ2v) is 10.3. The first-order valence-corrected chi connectivity index (χ1v) is 12.2. The summed E-state index contributed by atoms with van der Waals surface area (Å²) in [7, 11) is 0. The topological polar surface area (TPSA) is 123 Å². The van der Waals surface area contributed by atoms with Gasteiger partial charge < -0.3 is 10.1 Å². The summed E-state index contributed by atoms with van der Waals surface area (Å²) in [5, 5.41) is 21.8. The Morgan fingerprint density at radius 3 is 2.20 bits per heavy atom. The SMILES string of the molecule is CC1=C(C#N)C(c2ccc(C#N)cc2)C(C(=O)N[C@@H](C)C(=O)OC(C)(C)C)C(=O)N1c1cccc(C(F)(F)F)c1. The predicted molar refractivity (Wildman–Crippen MR) is 138 cm³/mol. The molecule has 2 unspecified atom stereocenters. The molecule has 0 saturated carbocycles. The van der Waals surface area contributed by atoms with Crippen molar-refractivity contribution in [2.45, 2.75) is 58.4 Å². The molecule has 0 spiro atoms. The van der Waals surface area contributed by atoms with Crippen molar-refractivity contribution in [1.29, 1.82) is 10.5 Å². The van der Waals surface area contributed by atoms with Gasteiger partial charge in [0.25, 0.3) is 0 Å². The monoisotopic (exact) mass is 552 g/mol. The number of nitrogens with one attached hydrogen (secondary N) is 1. The third-order valence-electron chi connectivity index (χ3n) is 6.21. The fraction of sp³-hybridized carbons (Fsp3) is 0.345. The van der Waals surface area contributed by atoms with Crippen molar-refractivity contribution in [3.8, 4) is 12.1 Å². The van der Waals surface area contributed by atoms with E-state index in [2.05, 4.69) is 5.32 Å². The van der Waals surface area contributed by atoms with Gasteiger partial charge in [-0.1, -0.05) is 18.2 Å². The molecular formula is C29H27F3N4O4. The molecule has 11 heteroatoms. The van der Waals surface area contributed by atoms with Gasteiger partial charge in [0.05, 0.1) is 28.8 Å². The van der Waals surface area contributed by atoms with Crippen molar-refractivity contribution in [3.63, 3.8) is 0 Å². The number of hydrogen-bond donors (Lipinski definition) is 1. The number of carbonyl (C=O) groups excluding carboxylic acids is 3. The fourth-order valence-corrected chi connectivity index (χ4v) is 4.39. The molecule has 3 atom stereocenters. The highest BCUT2D eigenvalue weighted by Gasteiger charge is 2.47. The highest BCUT2D eigenvalue weighted by Crippen LogP contribution is 2.43. The molecule has 0 saturated heterocycles. The molecule has 0 fully saturated rings. The standard InChI is InChI=1S/C29H27F3N4O4/c1-16(27(39)40-28(3,4)5)35-25(37)24-23(19-11-9-18(14-33)10-12-19)22(15-34)17(2)36(26(24)38)21-8-6-7-20(13-21)29(30,31)32/h6-13,16,23-24H,1-5H3,(H,35,37)/t16-,23?,24?/m0/s1. The molecule has 2 aromatic carbocycles. The third kappa shape index (κ3) is 6.32. The number of nitrogens with zero attached hydrogens (tertiary/aromatic N) is 3. The van der Waals surface area contributed by atoms with E-state index in [9.17, 15) is 38.1 Å². The van der Waals surface area contributed by atoms with Crippen molar-refractivity contribution in [1.82, 2.24) is 5.32 Å². The minimum absolute atomic E-state index is 0.0354. The van der Waals surface area contributed by atoms with Crippen LogP contribution in [0.5, 0.6) is 0 Å². The van der Waals surface area contributed by atoms with Crippen LogP contribution in [0.2, 0.25) is 0 Å². The first-order chi connectivity index (χ1) is 18.6. The molecule has 1 heterocycles. The van der Waals surface area contributed by atoms with Crippen LogP contribution in [-0.2, 0) is 25.3 Å². The maximum absolute atomic E-state index is 14.0. The van der Waals surface area contributed by atoms with Gasteiger partial charge in [0.15, 0.2) is 0 Å². The molecule has 2 aromatic rings. The molecule has 0 aromatic heterocycles. The molecule has 1 N–H and O–H groups in total. The Balaban J connectivity index is 2.16. The molecule has 0 aliphatic carbocycles. The van der Waals surface area contributed by atoms with E-state index in [4.69, 9.17) is 4.74 Å². The van der Waals surface area contributed by atoms with Crippen molar-refractivity contribution in [2.75, 3.05) is 4.90 Å². The molecule has 1 aliphatic heterocycles. The Labute approximate surface area is 229 Å². The quantitative estimate of drug-likeness (QED) is 0.413. The molecule has 8 nitrogen and oxygen atoms in total. The Morgan fingerprint density at radius 2 is 1.68 bits per heavy atom. The van der Waals surface area contributed by atoms with Crippen LogP contribution in [0.4, 0.5) is 18.9 Å². The Bertz CT molecular complexity index is 1440. The van der Waals surface area contributed by atoms with E-state index in [1.54, 1.807) is 20.8 Å². The lowest BCUT2D eigenvalue weighted by Gasteiger charge is -2.38. The van der Waals surface area contributed by atoms with Gasteiger partial charge in [-0.05, 0) is 70.5 Å². The maximum atomic E-state index is 14.0. The summed E-state index contributed by atoms with van der Waals surface area (Å²) < 4.78 is 45.7. The molecule has 3 rings (SSSR count). The highest BCUT2D eigenvalue weighted by molar-refractivity contribution is 6.12. The average molecular weight is 553 g/mol. The lowest BCUT2D eigenvalue weighted by molar-refractivity contribution is -0.158. The number of halogens is 3. The van der Waals surface area contributed by atoms with E-state index in [1.165, 1.54) is 44.2 Å². The molecule has 0 bridgehead atoms. The smallest absolute Gasteiger partial charge is 0.416 e. The van der Waals surface area contributed by atoms with Gasteiger partial charge in [-0.2, -0.15) is 23.7 Å². The number of carbonyl (C=O) groups is 3. The molecule has 0 radical (unpaired) electrons. The van der Waals surface area contributed by atoms with Gasteiger partial charge in [-0.15, -0.1) is 0 Å². The molecule has 208 valence electrons. The summed E-state index contributed by atoms with van der Waals surface area (Å²) in [6.45, 7) is 7.71. The summed E-state index contributed by atoms with van der Waals surface area (Å²) in [5.41, 5.74) is -1.38. The van der Waals surface area contributed by atoms with Crippen molar-refractivity contribution in [3.05, 3.63) is 76.5 Å². The first kappa shape index (κ1) is 29.9. The van der Waals surface area contributed by atoms with Crippen molar-refractivity contribution in [2.24, 2.45) is 5.92 Å². The second-order valence-electron chi connectivity index (χ2n) is 10.3. The van der Waals surface area contributed by atoms with Crippen LogP contribution in [0, 0.1) is 28.6 Å². The third-order valence-corrected chi connectivity index (χ3v) is 6.21. The Hall–Kier alpha value is -4.64.